The molecule has 6 nitrogen and oxygen atoms in total. The van der Waals surface area contributed by atoms with E-state index >= 15 is 0 Å². The summed E-state index contributed by atoms with van der Waals surface area (Å²) in [6, 6.07) is 9.65. The van der Waals surface area contributed by atoms with Gasteiger partial charge in [-0.25, -0.2) is 10.8 Å². The van der Waals surface area contributed by atoms with Gasteiger partial charge in [0.1, 0.15) is 0 Å². The van der Waals surface area contributed by atoms with Crippen LogP contribution in [0.3, 0.4) is 0 Å². The zero-order chi connectivity index (χ0) is 13.9. The van der Waals surface area contributed by atoms with Gasteiger partial charge < -0.3 is 14.4 Å². The average Bonchev–Trinajstić information content (AvgIpc) is 2.46. The number of para-hydroxylation sites is 1. The lowest BCUT2D eigenvalue weighted by Gasteiger charge is -2.24. The maximum atomic E-state index is 5.56. The van der Waals surface area contributed by atoms with Gasteiger partial charge in [0.2, 0.25) is 5.96 Å². The molecule has 1 aromatic carbocycles. The molecule has 1 aromatic rings. The van der Waals surface area contributed by atoms with Crippen LogP contribution in [0, 0.1) is 0 Å². The second-order valence-corrected chi connectivity index (χ2v) is 3.89. The van der Waals surface area contributed by atoms with Gasteiger partial charge in [-0.15, -0.1) is 0 Å². The van der Waals surface area contributed by atoms with E-state index in [1.165, 1.54) is 0 Å². The number of benzene rings is 1. The van der Waals surface area contributed by atoms with Gasteiger partial charge >= 0.3 is 0 Å². The lowest BCUT2D eigenvalue weighted by molar-refractivity contribution is 0.144. The van der Waals surface area contributed by atoms with Gasteiger partial charge in [-0.3, -0.25) is 5.43 Å². The Labute approximate surface area is 114 Å². The normalized spacial score (nSPS) is 11.4. The lowest BCUT2D eigenvalue weighted by Crippen LogP contribution is -2.47. The molecule has 0 heterocycles. The average molecular weight is 266 g/mol. The molecule has 0 unspecified atom stereocenters. The fraction of sp³-hybridized carbons (Fsp3) is 0.462. The van der Waals surface area contributed by atoms with Crippen LogP contribution in [0.25, 0.3) is 0 Å². The van der Waals surface area contributed by atoms with Gasteiger partial charge in [-0.2, -0.15) is 0 Å². The minimum Gasteiger partial charge on any atom is -0.383 e. The Balaban J connectivity index is 2.78. The van der Waals surface area contributed by atoms with E-state index in [0.717, 1.165) is 5.69 Å². The van der Waals surface area contributed by atoms with Crippen LogP contribution >= 0.6 is 0 Å². The Bertz CT molecular complexity index is 362. The molecule has 0 amide bonds. The molecule has 0 radical (unpaired) electrons. The van der Waals surface area contributed by atoms with E-state index in [9.17, 15) is 0 Å². The van der Waals surface area contributed by atoms with E-state index < -0.39 is 0 Å². The number of rotatable bonds is 7. The van der Waals surface area contributed by atoms with Gasteiger partial charge in [0.05, 0.1) is 18.9 Å². The zero-order valence-electron chi connectivity index (χ0n) is 11.5. The summed E-state index contributed by atoms with van der Waals surface area (Å²) in [4.78, 5) is 6.46. The number of nitrogens with one attached hydrogen (secondary N) is 1. The van der Waals surface area contributed by atoms with Crippen LogP contribution in [0.4, 0.5) is 5.69 Å². The SMILES string of the molecule is COCCN(CCOC)C(=Nc1ccccc1)NN. The predicted octanol–water partition coefficient (Wildman–Crippen LogP) is 0.732. The fourth-order valence-corrected chi connectivity index (χ4v) is 1.55. The second-order valence-electron chi connectivity index (χ2n) is 3.89. The first-order valence-corrected chi connectivity index (χ1v) is 6.15. The molecule has 0 saturated heterocycles. The van der Waals surface area contributed by atoms with Gasteiger partial charge in [0, 0.05) is 27.3 Å². The van der Waals surface area contributed by atoms with Crippen LogP contribution in [0.5, 0.6) is 0 Å². The molecule has 0 atom stereocenters. The highest BCUT2D eigenvalue weighted by atomic mass is 16.5. The van der Waals surface area contributed by atoms with E-state index in [-0.39, 0.29) is 0 Å². The highest BCUT2D eigenvalue weighted by molar-refractivity contribution is 5.82. The summed E-state index contributed by atoms with van der Waals surface area (Å²) in [5, 5.41) is 0. The van der Waals surface area contributed by atoms with Crippen molar-refractivity contribution in [1.82, 2.24) is 10.3 Å². The van der Waals surface area contributed by atoms with Crippen LogP contribution in [-0.2, 0) is 9.47 Å². The van der Waals surface area contributed by atoms with Crippen molar-refractivity contribution in [3.05, 3.63) is 30.3 Å². The van der Waals surface area contributed by atoms with Crippen molar-refractivity contribution in [2.24, 2.45) is 10.8 Å². The highest BCUT2D eigenvalue weighted by Gasteiger charge is 2.10. The van der Waals surface area contributed by atoms with E-state index in [2.05, 4.69) is 10.4 Å². The minimum absolute atomic E-state index is 0.596. The van der Waals surface area contributed by atoms with Crippen molar-refractivity contribution in [3.8, 4) is 0 Å². The molecule has 0 aliphatic heterocycles. The molecule has 0 fully saturated rings. The number of ether oxygens (including phenoxy) is 2. The quantitative estimate of drug-likeness (QED) is 0.329. The van der Waals surface area contributed by atoms with Crippen molar-refractivity contribution < 1.29 is 9.47 Å². The molecule has 0 bridgehead atoms. The second kappa shape index (κ2) is 9.32. The van der Waals surface area contributed by atoms with Gasteiger partial charge in [0.15, 0.2) is 0 Å². The van der Waals surface area contributed by atoms with Crippen LogP contribution in [0.15, 0.2) is 35.3 Å². The maximum absolute atomic E-state index is 5.56. The summed E-state index contributed by atoms with van der Waals surface area (Å²) >= 11 is 0. The van der Waals surface area contributed by atoms with Crippen molar-refractivity contribution in [2.75, 3.05) is 40.5 Å². The Hall–Kier alpha value is -1.63. The number of hydrogen-bond donors (Lipinski definition) is 2. The summed E-state index contributed by atoms with van der Waals surface area (Å²) in [5.74, 6) is 6.16. The first-order valence-electron chi connectivity index (χ1n) is 6.15. The topological polar surface area (TPSA) is 72.1 Å². The van der Waals surface area contributed by atoms with Gasteiger partial charge in [0.25, 0.3) is 0 Å². The minimum atomic E-state index is 0.596. The largest absolute Gasteiger partial charge is 0.383 e. The zero-order valence-corrected chi connectivity index (χ0v) is 11.5. The molecule has 6 heteroatoms. The molecule has 0 saturated carbocycles. The number of guanidine groups is 1. The van der Waals surface area contributed by atoms with Gasteiger partial charge in [-0.05, 0) is 12.1 Å². The van der Waals surface area contributed by atoms with Crippen molar-refractivity contribution in [1.29, 1.82) is 0 Å². The molecule has 0 aliphatic carbocycles. The first kappa shape index (κ1) is 15.4. The Kier molecular flexibility index (Phi) is 7.57. The number of methoxy groups -OCH3 is 2. The number of hydrazine groups is 1. The smallest absolute Gasteiger partial charge is 0.213 e. The summed E-state index contributed by atoms with van der Waals surface area (Å²) < 4.78 is 10.2. The summed E-state index contributed by atoms with van der Waals surface area (Å²) in [6.45, 7) is 2.57. The lowest BCUT2D eigenvalue weighted by atomic mass is 10.3. The van der Waals surface area contributed by atoms with Crippen molar-refractivity contribution in [3.63, 3.8) is 0 Å². The van der Waals surface area contributed by atoms with Gasteiger partial charge in [-0.1, -0.05) is 18.2 Å². The van der Waals surface area contributed by atoms with Crippen LogP contribution < -0.4 is 11.3 Å². The molecule has 0 aromatic heterocycles. The number of nitrogens with zero attached hydrogens (tertiary/aromatic N) is 2. The molecule has 0 spiro atoms. The highest BCUT2D eigenvalue weighted by Crippen LogP contribution is 2.10. The summed E-state index contributed by atoms with van der Waals surface area (Å²) in [7, 11) is 3.33. The van der Waals surface area contributed by atoms with Crippen molar-refractivity contribution >= 4 is 11.6 Å². The molecule has 1 rings (SSSR count). The van der Waals surface area contributed by atoms with Crippen molar-refractivity contribution in [2.45, 2.75) is 0 Å². The fourth-order valence-electron chi connectivity index (χ4n) is 1.55. The molecular weight excluding hydrogens is 244 g/mol. The monoisotopic (exact) mass is 266 g/mol. The molecule has 3 N–H and O–H groups in total. The molecule has 19 heavy (non-hydrogen) atoms. The third-order valence-electron chi connectivity index (χ3n) is 2.55. The number of hydrogen-bond acceptors (Lipinski definition) is 4. The van der Waals surface area contributed by atoms with E-state index in [1.54, 1.807) is 14.2 Å². The summed E-state index contributed by atoms with van der Waals surface area (Å²) in [6.07, 6.45) is 0. The molecule has 106 valence electrons. The van der Waals surface area contributed by atoms with Crippen LogP contribution in [0.1, 0.15) is 0 Å². The van der Waals surface area contributed by atoms with E-state index in [1.807, 2.05) is 35.2 Å². The standard InChI is InChI=1S/C13H22N4O2/c1-18-10-8-17(9-11-19-2)13(16-14)15-12-6-4-3-5-7-12/h3-7H,8-11,14H2,1-2H3,(H,15,16). The van der Waals surface area contributed by atoms with Crippen LogP contribution in [-0.4, -0.2) is 51.4 Å². The van der Waals surface area contributed by atoms with E-state index in [0.29, 0.717) is 32.3 Å². The summed E-state index contributed by atoms with van der Waals surface area (Å²) in [5.41, 5.74) is 3.48. The Morgan fingerprint density at radius 1 is 1.16 bits per heavy atom. The Morgan fingerprint density at radius 2 is 1.74 bits per heavy atom. The first-order chi connectivity index (χ1) is 9.31. The Morgan fingerprint density at radius 3 is 2.21 bits per heavy atom. The van der Waals surface area contributed by atoms with E-state index in [4.69, 9.17) is 15.3 Å². The number of aliphatic imine (C=N–C) groups is 1. The maximum Gasteiger partial charge on any atom is 0.213 e. The third-order valence-corrected chi connectivity index (χ3v) is 2.55. The van der Waals surface area contributed by atoms with Crippen LogP contribution in [0.2, 0.25) is 0 Å². The molecule has 0 aliphatic rings. The third kappa shape index (κ3) is 5.69. The molecular formula is C13H22N4O2. The predicted molar refractivity (Wildman–Crippen MR) is 76.2 cm³/mol. The number of nitrogens with two attached hydrogens (primary N) is 1.